The summed E-state index contributed by atoms with van der Waals surface area (Å²) in [6.07, 6.45) is 3.64. The van der Waals surface area contributed by atoms with Crippen molar-refractivity contribution in [3.8, 4) is 0 Å². The Kier molecular flexibility index (Phi) is 4.75. The van der Waals surface area contributed by atoms with Gasteiger partial charge in [0.05, 0.1) is 6.04 Å². The number of halogens is 2. The highest BCUT2D eigenvalue weighted by molar-refractivity contribution is 9.10. The van der Waals surface area contributed by atoms with Crippen molar-refractivity contribution in [2.45, 2.75) is 13.0 Å². The molecule has 0 aliphatic carbocycles. The van der Waals surface area contributed by atoms with Crippen LogP contribution in [0.4, 0.5) is 0 Å². The van der Waals surface area contributed by atoms with Crippen LogP contribution in [0, 0.1) is 0 Å². The highest BCUT2D eigenvalue weighted by Crippen LogP contribution is 2.30. The number of hydrogen-bond acceptors (Lipinski definition) is 2. The van der Waals surface area contributed by atoms with Crippen LogP contribution in [0.2, 0.25) is 5.02 Å². The molecule has 0 fully saturated rings. The number of nitrogens with zero attached hydrogens (tertiary/aromatic N) is 1. The molecule has 1 aromatic heterocycles. The molecule has 1 unspecified atom stereocenters. The molecule has 1 atom stereocenters. The zero-order chi connectivity index (χ0) is 13.0. The molecule has 0 bridgehead atoms. The van der Waals surface area contributed by atoms with Gasteiger partial charge in [0.2, 0.25) is 0 Å². The summed E-state index contributed by atoms with van der Waals surface area (Å²) in [4.78, 5) is 4.17. The second kappa shape index (κ2) is 6.32. The van der Waals surface area contributed by atoms with Gasteiger partial charge in [-0.2, -0.15) is 0 Å². The van der Waals surface area contributed by atoms with E-state index in [0.717, 1.165) is 27.2 Å². The lowest BCUT2D eigenvalue weighted by Gasteiger charge is -2.19. The summed E-state index contributed by atoms with van der Waals surface area (Å²) in [6, 6.07) is 10.0. The third-order valence-corrected chi connectivity index (χ3v) is 3.52. The summed E-state index contributed by atoms with van der Waals surface area (Å²) in [5.74, 6) is 0. The fourth-order valence-electron chi connectivity index (χ4n) is 1.89. The molecule has 2 rings (SSSR count). The average molecular weight is 326 g/mol. The lowest BCUT2D eigenvalue weighted by Crippen LogP contribution is -2.22. The Morgan fingerprint density at radius 3 is 2.83 bits per heavy atom. The molecule has 4 heteroatoms. The van der Waals surface area contributed by atoms with E-state index in [1.165, 1.54) is 0 Å². The first-order valence-corrected chi connectivity index (χ1v) is 6.97. The molecule has 0 spiro atoms. The van der Waals surface area contributed by atoms with Gasteiger partial charge >= 0.3 is 0 Å². The first-order chi connectivity index (χ1) is 8.72. The van der Waals surface area contributed by atoms with E-state index in [1.54, 1.807) is 6.20 Å². The van der Waals surface area contributed by atoms with Crippen molar-refractivity contribution in [2.75, 3.05) is 6.54 Å². The van der Waals surface area contributed by atoms with Gasteiger partial charge in [-0.25, -0.2) is 0 Å². The number of pyridine rings is 1. The maximum atomic E-state index is 6.32. The molecular weight excluding hydrogens is 312 g/mol. The molecule has 0 saturated heterocycles. The Bertz CT molecular complexity index is 516. The van der Waals surface area contributed by atoms with Crippen LogP contribution in [-0.4, -0.2) is 11.5 Å². The van der Waals surface area contributed by atoms with E-state index < -0.39 is 0 Å². The van der Waals surface area contributed by atoms with Crippen molar-refractivity contribution in [3.05, 3.63) is 63.3 Å². The lowest BCUT2D eigenvalue weighted by molar-refractivity contribution is 0.629. The van der Waals surface area contributed by atoms with Crippen LogP contribution in [0.3, 0.4) is 0 Å². The number of rotatable bonds is 4. The molecule has 2 aromatic rings. The van der Waals surface area contributed by atoms with E-state index in [1.807, 2.05) is 30.5 Å². The van der Waals surface area contributed by atoms with Crippen LogP contribution < -0.4 is 5.32 Å². The Hall–Kier alpha value is -0.900. The third-order valence-electron chi connectivity index (χ3n) is 2.70. The van der Waals surface area contributed by atoms with Gasteiger partial charge in [-0.3, -0.25) is 4.98 Å². The third kappa shape index (κ3) is 3.10. The maximum absolute atomic E-state index is 6.32. The van der Waals surface area contributed by atoms with E-state index in [4.69, 9.17) is 11.6 Å². The predicted octanol–water partition coefficient (Wildman–Crippen LogP) is 4.20. The summed E-state index contributed by atoms with van der Waals surface area (Å²) in [5.41, 5.74) is 2.18. The van der Waals surface area contributed by atoms with Crippen LogP contribution in [0.15, 0.2) is 47.2 Å². The van der Waals surface area contributed by atoms with E-state index in [9.17, 15) is 0 Å². The van der Waals surface area contributed by atoms with Gasteiger partial charge in [-0.05, 0) is 35.9 Å². The Morgan fingerprint density at radius 1 is 1.39 bits per heavy atom. The van der Waals surface area contributed by atoms with Gasteiger partial charge in [0, 0.05) is 21.9 Å². The quantitative estimate of drug-likeness (QED) is 0.911. The molecule has 1 heterocycles. The Balaban J connectivity index is 2.41. The van der Waals surface area contributed by atoms with E-state index in [-0.39, 0.29) is 6.04 Å². The zero-order valence-electron chi connectivity index (χ0n) is 10.0. The second-order valence-corrected chi connectivity index (χ2v) is 5.27. The minimum atomic E-state index is 0.0734. The van der Waals surface area contributed by atoms with Crippen molar-refractivity contribution in [3.63, 3.8) is 0 Å². The van der Waals surface area contributed by atoms with Crippen molar-refractivity contribution < 1.29 is 0 Å². The predicted molar refractivity (Wildman–Crippen MR) is 78.9 cm³/mol. The van der Waals surface area contributed by atoms with Crippen LogP contribution in [0.25, 0.3) is 0 Å². The van der Waals surface area contributed by atoms with Crippen molar-refractivity contribution in [2.24, 2.45) is 0 Å². The standard InChI is InChI=1S/C14H14BrClN2/c1-2-18-14(10-4-3-7-17-9-10)12-6-5-11(15)8-13(12)16/h3-9,14,18H,2H2,1H3. The van der Waals surface area contributed by atoms with Crippen molar-refractivity contribution in [1.29, 1.82) is 0 Å². The fourth-order valence-corrected chi connectivity index (χ4v) is 2.68. The SMILES string of the molecule is CCNC(c1cccnc1)c1ccc(Br)cc1Cl. The monoisotopic (exact) mass is 324 g/mol. The average Bonchev–Trinajstić information content (AvgIpc) is 2.38. The van der Waals surface area contributed by atoms with E-state index >= 15 is 0 Å². The van der Waals surface area contributed by atoms with Gasteiger partial charge in [-0.15, -0.1) is 0 Å². The van der Waals surface area contributed by atoms with Crippen LogP contribution in [0.5, 0.6) is 0 Å². The van der Waals surface area contributed by atoms with Gasteiger partial charge in [-0.1, -0.05) is 46.6 Å². The molecule has 18 heavy (non-hydrogen) atoms. The second-order valence-electron chi connectivity index (χ2n) is 3.94. The molecule has 1 aromatic carbocycles. The number of benzene rings is 1. The van der Waals surface area contributed by atoms with Gasteiger partial charge in [0.25, 0.3) is 0 Å². The normalized spacial score (nSPS) is 12.4. The van der Waals surface area contributed by atoms with Crippen molar-refractivity contribution >= 4 is 27.5 Å². The van der Waals surface area contributed by atoms with Gasteiger partial charge < -0.3 is 5.32 Å². The molecular formula is C14H14BrClN2. The smallest absolute Gasteiger partial charge is 0.0606 e. The first-order valence-electron chi connectivity index (χ1n) is 5.80. The maximum Gasteiger partial charge on any atom is 0.0606 e. The molecule has 0 saturated carbocycles. The lowest BCUT2D eigenvalue weighted by atomic mass is 10.00. The van der Waals surface area contributed by atoms with E-state index in [0.29, 0.717) is 0 Å². The van der Waals surface area contributed by atoms with Gasteiger partial charge in [0.1, 0.15) is 0 Å². The topological polar surface area (TPSA) is 24.9 Å². The molecule has 0 aliphatic rings. The summed E-state index contributed by atoms with van der Waals surface area (Å²) < 4.78 is 0.984. The molecule has 0 amide bonds. The van der Waals surface area contributed by atoms with Crippen LogP contribution >= 0.6 is 27.5 Å². The van der Waals surface area contributed by atoms with Crippen LogP contribution in [-0.2, 0) is 0 Å². The summed E-state index contributed by atoms with van der Waals surface area (Å²) in [5, 5.41) is 4.18. The zero-order valence-corrected chi connectivity index (χ0v) is 12.4. The number of aromatic nitrogens is 1. The summed E-state index contributed by atoms with van der Waals surface area (Å²) in [6.45, 7) is 2.95. The molecule has 0 aliphatic heterocycles. The molecule has 1 N–H and O–H groups in total. The highest BCUT2D eigenvalue weighted by atomic mass is 79.9. The van der Waals surface area contributed by atoms with Gasteiger partial charge in [0.15, 0.2) is 0 Å². The molecule has 2 nitrogen and oxygen atoms in total. The Morgan fingerprint density at radius 2 is 2.22 bits per heavy atom. The highest BCUT2D eigenvalue weighted by Gasteiger charge is 2.16. The largest absolute Gasteiger partial charge is 0.306 e. The van der Waals surface area contributed by atoms with Crippen LogP contribution in [0.1, 0.15) is 24.1 Å². The number of hydrogen-bond donors (Lipinski definition) is 1. The molecule has 0 radical (unpaired) electrons. The fraction of sp³-hybridized carbons (Fsp3) is 0.214. The summed E-state index contributed by atoms with van der Waals surface area (Å²) >= 11 is 9.74. The Labute approximate surface area is 121 Å². The molecule has 94 valence electrons. The summed E-state index contributed by atoms with van der Waals surface area (Å²) in [7, 11) is 0. The minimum Gasteiger partial charge on any atom is -0.306 e. The first kappa shape index (κ1) is 13.5. The van der Waals surface area contributed by atoms with E-state index in [2.05, 4.69) is 39.2 Å². The van der Waals surface area contributed by atoms with Crippen molar-refractivity contribution in [1.82, 2.24) is 10.3 Å². The number of nitrogens with one attached hydrogen (secondary N) is 1. The minimum absolute atomic E-state index is 0.0734.